The number of fused-ring (bicyclic) bond motifs is 1. The number of anilines is 1. The Bertz CT molecular complexity index is 1140. The highest BCUT2D eigenvalue weighted by molar-refractivity contribution is 5.80. The molecule has 7 nitrogen and oxygen atoms in total. The predicted octanol–water partition coefficient (Wildman–Crippen LogP) is 3.28. The molecule has 0 unspecified atom stereocenters. The van der Waals surface area contributed by atoms with Gasteiger partial charge in [0.1, 0.15) is 5.82 Å². The number of hydrogen-bond acceptors (Lipinski definition) is 5. The van der Waals surface area contributed by atoms with E-state index in [1.54, 1.807) is 12.1 Å². The number of imidazole rings is 1. The third-order valence-corrected chi connectivity index (χ3v) is 7.07. The maximum atomic E-state index is 13.8. The number of nitrogens with zero attached hydrogens (tertiary/aromatic N) is 4. The van der Waals surface area contributed by atoms with Gasteiger partial charge in [-0.05, 0) is 55.6 Å². The van der Waals surface area contributed by atoms with Crippen molar-refractivity contribution in [2.75, 3.05) is 57.4 Å². The fraction of sp³-hybridized carbons (Fsp3) is 0.481. The zero-order valence-electron chi connectivity index (χ0n) is 20.2. The number of nitrogens with one attached hydrogen (secondary N) is 1. The number of hydrogen-bond donors (Lipinski definition) is 1. The van der Waals surface area contributed by atoms with Crippen LogP contribution in [-0.4, -0.2) is 72.8 Å². The molecule has 186 valence electrons. The molecule has 8 heteroatoms. The van der Waals surface area contributed by atoms with E-state index in [0.717, 1.165) is 94.3 Å². The van der Waals surface area contributed by atoms with Crippen LogP contribution < -0.4 is 10.2 Å². The molecule has 5 rings (SSSR count). The standard InChI is InChI=1S/C27H34FN5O2/c28-23-6-3-5-21(19-23)20-33-25-8-2-1-7-24(25)30-27(33)32-13-9-22(10-14-32)26(34)29-11-4-12-31-15-17-35-18-16-31/h1-3,5-8,19,22H,4,9-18,20H2,(H,29,34). The predicted molar refractivity (Wildman–Crippen MR) is 135 cm³/mol. The van der Waals surface area contributed by atoms with Gasteiger partial charge < -0.3 is 19.5 Å². The molecule has 1 amide bonds. The highest BCUT2D eigenvalue weighted by Crippen LogP contribution is 2.28. The summed E-state index contributed by atoms with van der Waals surface area (Å²) in [5, 5.41) is 3.15. The molecule has 0 aliphatic carbocycles. The second-order valence-electron chi connectivity index (χ2n) is 9.48. The Morgan fingerprint density at radius 1 is 1.06 bits per heavy atom. The van der Waals surface area contributed by atoms with Crippen molar-refractivity contribution in [3.05, 3.63) is 59.9 Å². The fourth-order valence-corrected chi connectivity index (χ4v) is 5.10. The van der Waals surface area contributed by atoms with E-state index in [2.05, 4.69) is 25.8 Å². The molecule has 0 atom stereocenters. The number of aromatic nitrogens is 2. The summed E-state index contributed by atoms with van der Waals surface area (Å²) in [4.78, 5) is 22.3. The number of benzene rings is 2. The van der Waals surface area contributed by atoms with Gasteiger partial charge in [-0.25, -0.2) is 9.37 Å². The lowest BCUT2D eigenvalue weighted by molar-refractivity contribution is -0.125. The van der Waals surface area contributed by atoms with Crippen LogP contribution in [-0.2, 0) is 16.1 Å². The number of ether oxygens (including phenoxy) is 1. The number of morpholine rings is 1. The monoisotopic (exact) mass is 479 g/mol. The Morgan fingerprint density at radius 3 is 2.66 bits per heavy atom. The molecule has 2 saturated heterocycles. The van der Waals surface area contributed by atoms with E-state index < -0.39 is 0 Å². The van der Waals surface area contributed by atoms with Gasteiger partial charge in [0, 0.05) is 38.6 Å². The molecule has 2 aliphatic rings. The molecule has 3 aromatic rings. The van der Waals surface area contributed by atoms with Crippen LogP contribution in [0.2, 0.25) is 0 Å². The van der Waals surface area contributed by atoms with Crippen molar-refractivity contribution < 1.29 is 13.9 Å². The van der Waals surface area contributed by atoms with Crippen molar-refractivity contribution in [2.24, 2.45) is 5.92 Å². The van der Waals surface area contributed by atoms with Gasteiger partial charge in [0.15, 0.2) is 0 Å². The third-order valence-electron chi connectivity index (χ3n) is 7.07. The first kappa shape index (κ1) is 23.8. The Kier molecular flexibility index (Phi) is 7.59. The van der Waals surface area contributed by atoms with Crippen LogP contribution in [0.3, 0.4) is 0 Å². The number of piperidine rings is 1. The normalized spacial score (nSPS) is 17.7. The highest BCUT2D eigenvalue weighted by Gasteiger charge is 2.27. The molecular formula is C27H34FN5O2. The van der Waals surface area contributed by atoms with Gasteiger partial charge in [-0.2, -0.15) is 0 Å². The summed E-state index contributed by atoms with van der Waals surface area (Å²) in [5.41, 5.74) is 2.87. The van der Waals surface area contributed by atoms with Crippen molar-refractivity contribution >= 4 is 22.9 Å². The summed E-state index contributed by atoms with van der Waals surface area (Å²) in [6.45, 7) is 7.41. The summed E-state index contributed by atoms with van der Waals surface area (Å²) in [6.07, 6.45) is 2.58. The Hall–Kier alpha value is -2.97. The first-order valence-corrected chi connectivity index (χ1v) is 12.7. The molecule has 0 spiro atoms. The molecule has 1 N–H and O–H groups in total. The summed E-state index contributed by atoms with van der Waals surface area (Å²) in [7, 11) is 0. The Morgan fingerprint density at radius 2 is 1.86 bits per heavy atom. The number of halogens is 1. The van der Waals surface area contributed by atoms with Crippen LogP contribution in [0, 0.1) is 11.7 Å². The van der Waals surface area contributed by atoms with E-state index >= 15 is 0 Å². The zero-order chi connectivity index (χ0) is 24.0. The van der Waals surface area contributed by atoms with Gasteiger partial charge in [-0.1, -0.05) is 24.3 Å². The topological polar surface area (TPSA) is 62.6 Å². The van der Waals surface area contributed by atoms with E-state index in [1.165, 1.54) is 6.07 Å². The van der Waals surface area contributed by atoms with Gasteiger partial charge >= 0.3 is 0 Å². The minimum absolute atomic E-state index is 0.0377. The fourth-order valence-electron chi connectivity index (χ4n) is 5.10. The molecule has 0 bridgehead atoms. The van der Waals surface area contributed by atoms with Crippen LogP contribution in [0.25, 0.3) is 11.0 Å². The quantitative estimate of drug-likeness (QED) is 0.503. The minimum Gasteiger partial charge on any atom is -0.379 e. The summed E-state index contributed by atoms with van der Waals surface area (Å²) in [6, 6.07) is 14.8. The van der Waals surface area contributed by atoms with E-state index in [0.29, 0.717) is 6.54 Å². The van der Waals surface area contributed by atoms with Crippen LogP contribution in [0.4, 0.5) is 10.3 Å². The Balaban J connectivity index is 1.18. The molecular weight excluding hydrogens is 445 g/mol. The second-order valence-corrected chi connectivity index (χ2v) is 9.48. The molecule has 1 aromatic heterocycles. The first-order chi connectivity index (χ1) is 17.2. The number of para-hydroxylation sites is 2. The molecule has 2 aromatic carbocycles. The van der Waals surface area contributed by atoms with E-state index in [9.17, 15) is 9.18 Å². The lowest BCUT2D eigenvalue weighted by atomic mass is 9.96. The zero-order valence-corrected chi connectivity index (χ0v) is 20.2. The lowest BCUT2D eigenvalue weighted by Gasteiger charge is -2.32. The molecule has 3 heterocycles. The summed E-state index contributed by atoms with van der Waals surface area (Å²) >= 11 is 0. The number of carbonyl (C=O) groups is 1. The average Bonchev–Trinajstić information content (AvgIpc) is 3.25. The van der Waals surface area contributed by atoms with Gasteiger partial charge in [0.05, 0.1) is 30.8 Å². The average molecular weight is 480 g/mol. The minimum atomic E-state index is -0.231. The van der Waals surface area contributed by atoms with Crippen LogP contribution in [0.15, 0.2) is 48.5 Å². The van der Waals surface area contributed by atoms with Crippen LogP contribution >= 0.6 is 0 Å². The van der Waals surface area contributed by atoms with E-state index in [1.807, 2.05) is 24.3 Å². The maximum absolute atomic E-state index is 13.8. The molecule has 0 saturated carbocycles. The van der Waals surface area contributed by atoms with Gasteiger partial charge in [0.25, 0.3) is 0 Å². The van der Waals surface area contributed by atoms with Gasteiger partial charge in [-0.3, -0.25) is 9.69 Å². The van der Waals surface area contributed by atoms with Crippen LogP contribution in [0.5, 0.6) is 0 Å². The summed E-state index contributed by atoms with van der Waals surface area (Å²) in [5.74, 6) is 0.862. The highest BCUT2D eigenvalue weighted by atomic mass is 19.1. The molecule has 0 radical (unpaired) electrons. The molecule has 2 fully saturated rings. The van der Waals surface area contributed by atoms with Crippen molar-refractivity contribution in [3.63, 3.8) is 0 Å². The molecule has 35 heavy (non-hydrogen) atoms. The number of carbonyl (C=O) groups excluding carboxylic acids is 1. The second kappa shape index (κ2) is 11.2. The van der Waals surface area contributed by atoms with Crippen LogP contribution in [0.1, 0.15) is 24.8 Å². The van der Waals surface area contributed by atoms with Crippen molar-refractivity contribution in [1.29, 1.82) is 0 Å². The third kappa shape index (κ3) is 5.82. The first-order valence-electron chi connectivity index (χ1n) is 12.7. The van der Waals surface area contributed by atoms with Gasteiger partial charge in [0.2, 0.25) is 11.9 Å². The van der Waals surface area contributed by atoms with Crippen molar-refractivity contribution in [1.82, 2.24) is 19.8 Å². The SMILES string of the molecule is O=C(NCCCN1CCOCC1)C1CCN(c2nc3ccccc3n2Cc2cccc(F)c2)CC1. The molecule has 2 aliphatic heterocycles. The maximum Gasteiger partial charge on any atom is 0.223 e. The lowest BCUT2D eigenvalue weighted by Crippen LogP contribution is -2.42. The van der Waals surface area contributed by atoms with Gasteiger partial charge in [-0.15, -0.1) is 0 Å². The van der Waals surface area contributed by atoms with E-state index in [-0.39, 0.29) is 17.6 Å². The number of amides is 1. The van der Waals surface area contributed by atoms with E-state index in [4.69, 9.17) is 9.72 Å². The largest absolute Gasteiger partial charge is 0.379 e. The van der Waals surface area contributed by atoms with Crippen molar-refractivity contribution in [2.45, 2.75) is 25.8 Å². The number of rotatable bonds is 8. The summed E-state index contributed by atoms with van der Waals surface area (Å²) < 4.78 is 21.4. The van der Waals surface area contributed by atoms with Crippen molar-refractivity contribution in [3.8, 4) is 0 Å². The Labute approximate surface area is 205 Å². The smallest absolute Gasteiger partial charge is 0.223 e.